The van der Waals surface area contributed by atoms with E-state index in [1.54, 1.807) is 15.9 Å². The molecule has 6 rings (SSSR count). The number of aliphatic hydroxyl groups is 1. The Morgan fingerprint density at radius 1 is 1.06 bits per heavy atom. The first-order valence-corrected chi connectivity index (χ1v) is 17.1. The van der Waals surface area contributed by atoms with E-state index in [4.69, 9.17) is 9.47 Å². The summed E-state index contributed by atoms with van der Waals surface area (Å²) in [6.45, 7) is 11.7. The van der Waals surface area contributed by atoms with Crippen molar-refractivity contribution in [1.29, 1.82) is 0 Å². The molecule has 1 N–H and O–H groups in total. The van der Waals surface area contributed by atoms with Gasteiger partial charge in [0.15, 0.2) is 0 Å². The molecule has 0 aliphatic carbocycles. The predicted molar refractivity (Wildman–Crippen MR) is 186 cm³/mol. The lowest BCUT2D eigenvalue weighted by atomic mass is 9.62. The lowest BCUT2D eigenvalue weighted by Gasteiger charge is -2.39. The van der Waals surface area contributed by atoms with E-state index in [1.165, 1.54) is 0 Å². The van der Waals surface area contributed by atoms with Gasteiger partial charge in [-0.15, -0.1) is 13.2 Å². The number of esters is 1. The Morgan fingerprint density at radius 3 is 2.50 bits per heavy atom. The molecule has 1 spiro atoms. The Morgan fingerprint density at radius 2 is 1.79 bits per heavy atom. The van der Waals surface area contributed by atoms with Crippen molar-refractivity contribution in [3.63, 3.8) is 0 Å². The molecule has 2 bridgehead atoms. The van der Waals surface area contributed by atoms with Gasteiger partial charge < -0.3 is 24.4 Å². The van der Waals surface area contributed by atoms with Gasteiger partial charge in [-0.05, 0) is 73.4 Å². The molecule has 2 amide bonds. The molecule has 3 aromatic carbocycles. The number of carbonyl (C=O) groups is 3. The molecule has 3 aliphatic heterocycles. The maximum absolute atomic E-state index is 15.2. The molecule has 7 atom stereocenters. The predicted octanol–water partition coefficient (Wildman–Crippen LogP) is 5.87. The van der Waals surface area contributed by atoms with Gasteiger partial charge in [0.25, 0.3) is 5.91 Å². The number of fused-ring (bicyclic) bond motifs is 2. The SMILES string of the molecule is C=CCCCCOC(=O)[C@@H]1[C@H]2C(=O)N([C@@H](CO)Cc3ccccc3)C(C(=O)N(CC=C)c3ccc4ccccc4c3)C23CC(C)[C@@]1(C)O3. The van der Waals surface area contributed by atoms with Crippen LogP contribution in [0.3, 0.4) is 0 Å². The first-order valence-electron chi connectivity index (χ1n) is 17.1. The first-order chi connectivity index (χ1) is 23.2. The number of nitrogens with zero attached hydrogens (tertiary/aromatic N) is 2. The molecule has 3 saturated heterocycles. The molecular weight excluding hydrogens is 604 g/mol. The van der Waals surface area contributed by atoms with Crippen molar-refractivity contribution >= 4 is 34.2 Å². The molecule has 0 aromatic heterocycles. The average molecular weight is 651 g/mol. The number of amides is 2. The van der Waals surface area contributed by atoms with E-state index < -0.39 is 41.1 Å². The molecule has 0 radical (unpaired) electrons. The number of allylic oxidation sites excluding steroid dienone is 1. The second-order valence-electron chi connectivity index (χ2n) is 13.7. The van der Waals surface area contributed by atoms with Crippen LogP contribution in [0.4, 0.5) is 5.69 Å². The quantitative estimate of drug-likeness (QED) is 0.133. The highest BCUT2D eigenvalue weighted by molar-refractivity contribution is 6.06. The summed E-state index contributed by atoms with van der Waals surface area (Å²) in [4.78, 5) is 47.2. The average Bonchev–Trinajstić information content (AvgIpc) is 3.62. The van der Waals surface area contributed by atoms with Crippen molar-refractivity contribution in [3.8, 4) is 0 Å². The monoisotopic (exact) mass is 650 g/mol. The maximum atomic E-state index is 15.2. The van der Waals surface area contributed by atoms with Crippen LogP contribution in [0.1, 0.15) is 45.1 Å². The third-order valence-corrected chi connectivity index (χ3v) is 10.8. The summed E-state index contributed by atoms with van der Waals surface area (Å²) in [5, 5.41) is 12.9. The number of rotatable bonds is 14. The number of unbranched alkanes of at least 4 members (excludes halogenated alkanes) is 2. The molecule has 8 nitrogen and oxygen atoms in total. The van der Waals surface area contributed by atoms with Crippen molar-refractivity contribution in [2.75, 3.05) is 24.7 Å². The largest absolute Gasteiger partial charge is 0.465 e. The van der Waals surface area contributed by atoms with E-state index >= 15 is 4.79 Å². The van der Waals surface area contributed by atoms with Gasteiger partial charge in [-0.2, -0.15) is 0 Å². The Labute approximate surface area is 283 Å². The highest BCUT2D eigenvalue weighted by Gasteiger charge is 2.80. The van der Waals surface area contributed by atoms with E-state index in [2.05, 4.69) is 13.2 Å². The molecule has 252 valence electrons. The van der Waals surface area contributed by atoms with E-state index in [-0.39, 0.29) is 37.5 Å². The number of anilines is 1. The third-order valence-electron chi connectivity index (χ3n) is 10.8. The number of aliphatic hydroxyl groups excluding tert-OH is 1. The van der Waals surface area contributed by atoms with E-state index in [1.807, 2.05) is 92.7 Å². The number of likely N-dealkylation sites (tertiary alicyclic amines) is 1. The van der Waals surface area contributed by atoms with Gasteiger partial charge >= 0.3 is 5.97 Å². The smallest absolute Gasteiger partial charge is 0.312 e. The third kappa shape index (κ3) is 5.65. The minimum atomic E-state index is -1.28. The molecular formula is C40H46N2O6. The van der Waals surface area contributed by atoms with Crippen LogP contribution in [0, 0.1) is 17.8 Å². The zero-order valence-corrected chi connectivity index (χ0v) is 27.9. The fourth-order valence-corrected chi connectivity index (χ4v) is 8.44. The molecule has 48 heavy (non-hydrogen) atoms. The molecule has 8 heteroatoms. The molecule has 3 aliphatic rings. The van der Waals surface area contributed by atoms with Crippen molar-refractivity contribution in [2.24, 2.45) is 17.8 Å². The Balaban J connectivity index is 1.43. The van der Waals surface area contributed by atoms with Crippen LogP contribution in [-0.2, 0) is 30.3 Å². The van der Waals surface area contributed by atoms with Crippen molar-refractivity contribution in [2.45, 2.75) is 69.2 Å². The van der Waals surface area contributed by atoms with Crippen molar-refractivity contribution < 1.29 is 29.0 Å². The number of benzene rings is 3. The summed E-state index contributed by atoms with van der Waals surface area (Å²) in [5.41, 5.74) is -0.695. The number of hydrogen-bond donors (Lipinski definition) is 1. The van der Waals surface area contributed by atoms with Crippen LogP contribution >= 0.6 is 0 Å². The molecule has 3 unspecified atom stereocenters. The van der Waals surface area contributed by atoms with E-state index in [9.17, 15) is 14.7 Å². The van der Waals surface area contributed by atoms with Crippen LogP contribution in [0.5, 0.6) is 0 Å². The second-order valence-corrected chi connectivity index (χ2v) is 13.7. The van der Waals surface area contributed by atoms with Crippen LogP contribution in [0.15, 0.2) is 98.1 Å². The van der Waals surface area contributed by atoms with Crippen LogP contribution in [-0.4, -0.2) is 70.8 Å². The first kappa shape index (κ1) is 33.6. The Hall–Kier alpha value is -4.27. The Bertz CT molecular complexity index is 1690. The zero-order chi connectivity index (χ0) is 34.1. The Kier molecular flexibility index (Phi) is 9.59. The molecule has 3 aromatic rings. The number of ether oxygens (including phenoxy) is 2. The van der Waals surface area contributed by atoms with Crippen LogP contribution in [0.2, 0.25) is 0 Å². The fourth-order valence-electron chi connectivity index (χ4n) is 8.44. The van der Waals surface area contributed by atoms with Crippen molar-refractivity contribution in [3.05, 3.63) is 104 Å². The molecule has 3 heterocycles. The highest BCUT2D eigenvalue weighted by atomic mass is 16.6. The summed E-state index contributed by atoms with van der Waals surface area (Å²) in [6.07, 6.45) is 6.60. The van der Waals surface area contributed by atoms with Crippen molar-refractivity contribution in [1.82, 2.24) is 4.90 Å². The summed E-state index contributed by atoms with van der Waals surface area (Å²) in [7, 11) is 0. The van der Waals surface area contributed by atoms with Gasteiger partial charge in [-0.3, -0.25) is 14.4 Å². The van der Waals surface area contributed by atoms with Gasteiger partial charge in [0, 0.05) is 12.2 Å². The normalized spacial score (nSPS) is 27.9. The highest BCUT2D eigenvalue weighted by Crippen LogP contribution is 2.65. The van der Waals surface area contributed by atoms with Crippen LogP contribution in [0.25, 0.3) is 10.8 Å². The molecule has 0 saturated carbocycles. The van der Waals surface area contributed by atoms with Gasteiger partial charge in [-0.25, -0.2) is 0 Å². The summed E-state index contributed by atoms with van der Waals surface area (Å²) in [6, 6.07) is 21.6. The minimum absolute atomic E-state index is 0.134. The summed E-state index contributed by atoms with van der Waals surface area (Å²) >= 11 is 0. The standard InChI is InChI=1S/C40H46N2O6/c1-5-7-8-14-22-47-38(46)34-33-36(44)42(32(26-43)23-28-15-10-9-11-16-28)35(40(33)25-27(3)39(34,4)48-40)37(45)41(21-6-2)31-20-19-29-17-12-13-18-30(29)24-31/h5-6,9-13,15-20,24,27,32-35,43H,1-2,7-8,14,21-23,25-26H2,3-4H3/t27?,32-,33+,34+,35?,39-,40?/m1/s1. The topological polar surface area (TPSA) is 96.4 Å². The molecule has 3 fully saturated rings. The lowest BCUT2D eigenvalue weighted by molar-refractivity contribution is -0.162. The lowest BCUT2D eigenvalue weighted by Crippen LogP contribution is -2.59. The summed E-state index contributed by atoms with van der Waals surface area (Å²) in [5.74, 6) is -3.12. The van der Waals surface area contributed by atoms with E-state index in [0.717, 1.165) is 29.2 Å². The van der Waals surface area contributed by atoms with Gasteiger partial charge in [0.05, 0.1) is 30.8 Å². The van der Waals surface area contributed by atoms with Crippen LogP contribution < -0.4 is 4.90 Å². The van der Waals surface area contributed by atoms with E-state index in [0.29, 0.717) is 24.9 Å². The number of hydrogen-bond acceptors (Lipinski definition) is 6. The summed E-state index contributed by atoms with van der Waals surface area (Å²) < 4.78 is 12.8. The minimum Gasteiger partial charge on any atom is -0.465 e. The van der Waals surface area contributed by atoms with Gasteiger partial charge in [0.2, 0.25) is 5.91 Å². The fraction of sp³-hybridized carbons (Fsp3) is 0.425. The maximum Gasteiger partial charge on any atom is 0.312 e. The number of carbonyl (C=O) groups excluding carboxylic acids is 3. The van der Waals surface area contributed by atoms with Gasteiger partial charge in [-0.1, -0.05) is 79.7 Å². The zero-order valence-electron chi connectivity index (χ0n) is 27.9. The van der Waals surface area contributed by atoms with Gasteiger partial charge in [0.1, 0.15) is 17.6 Å². The second kappa shape index (κ2) is 13.7.